The van der Waals surface area contributed by atoms with E-state index in [0.29, 0.717) is 5.02 Å². The molecule has 1 aliphatic rings. The highest BCUT2D eigenvalue weighted by Crippen LogP contribution is 2.24. The molecule has 1 saturated heterocycles. The van der Waals surface area contributed by atoms with Gasteiger partial charge in [-0.05, 0) is 40.5 Å². The van der Waals surface area contributed by atoms with E-state index >= 15 is 0 Å². The Morgan fingerprint density at radius 1 is 1.40 bits per heavy atom. The van der Waals surface area contributed by atoms with Gasteiger partial charge >= 0.3 is 5.97 Å². The number of carboxylic acid groups (broad SMARTS) is 1. The molecule has 1 atom stereocenters. The SMILES string of the molecule is CC(C(=O)O)N1CCN(Cc2ccc(Cl)c(Br)c2)CC1. The number of benzene rings is 1. The van der Waals surface area contributed by atoms with Crippen LogP contribution in [-0.4, -0.2) is 53.1 Å². The average molecular weight is 362 g/mol. The molecular weight excluding hydrogens is 344 g/mol. The number of nitrogens with zero attached hydrogens (tertiary/aromatic N) is 2. The highest BCUT2D eigenvalue weighted by atomic mass is 79.9. The molecule has 0 radical (unpaired) electrons. The van der Waals surface area contributed by atoms with Gasteiger partial charge in [0, 0.05) is 37.2 Å². The summed E-state index contributed by atoms with van der Waals surface area (Å²) in [6, 6.07) is 5.55. The van der Waals surface area contributed by atoms with Crippen molar-refractivity contribution in [3.63, 3.8) is 0 Å². The van der Waals surface area contributed by atoms with Gasteiger partial charge in [-0.1, -0.05) is 17.7 Å². The molecule has 20 heavy (non-hydrogen) atoms. The van der Waals surface area contributed by atoms with Crippen LogP contribution in [0.3, 0.4) is 0 Å². The van der Waals surface area contributed by atoms with Crippen molar-refractivity contribution in [2.45, 2.75) is 19.5 Å². The number of rotatable bonds is 4. The van der Waals surface area contributed by atoms with Crippen molar-refractivity contribution in [2.24, 2.45) is 0 Å². The first-order valence-corrected chi connectivity index (χ1v) is 7.77. The normalized spacial score (nSPS) is 18.9. The van der Waals surface area contributed by atoms with Crippen molar-refractivity contribution in [3.05, 3.63) is 33.3 Å². The summed E-state index contributed by atoms with van der Waals surface area (Å²) in [6.07, 6.45) is 0. The third-order valence-electron chi connectivity index (χ3n) is 3.70. The lowest BCUT2D eigenvalue weighted by Crippen LogP contribution is -2.51. The Morgan fingerprint density at radius 2 is 2.05 bits per heavy atom. The van der Waals surface area contributed by atoms with Crippen LogP contribution in [0.25, 0.3) is 0 Å². The van der Waals surface area contributed by atoms with Gasteiger partial charge in [-0.3, -0.25) is 14.6 Å². The Labute approximate surface area is 132 Å². The Bertz CT molecular complexity index is 490. The van der Waals surface area contributed by atoms with Gasteiger partial charge in [-0.2, -0.15) is 0 Å². The van der Waals surface area contributed by atoms with E-state index in [0.717, 1.165) is 37.2 Å². The van der Waals surface area contributed by atoms with Crippen LogP contribution in [-0.2, 0) is 11.3 Å². The first-order valence-electron chi connectivity index (χ1n) is 6.60. The fraction of sp³-hybridized carbons (Fsp3) is 0.500. The molecule has 0 amide bonds. The Hall–Kier alpha value is -0.620. The van der Waals surface area contributed by atoms with Crippen LogP contribution in [0.15, 0.2) is 22.7 Å². The lowest BCUT2D eigenvalue weighted by Gasteiger charge is -2.36. The largest absolute Gasteiger partial charge is 0.480 e. The summed E-state index contributed by atoms with van der Waals surface area (Å²) in [5.41, 5.74) is 1.21. The summed E-state index contributed by atoms with van der Waals surface area (Å²) in [5.74, 6) is -0.750. The number of hydrogen-bond donors (Lipinski definition) is 1. The molecule has 1 aliphatic heterocycles. The smallest absolute Gasteiger partial charge is 0.320 e. The van der Waals surface area contributed by atoms with Gasteiger partial charge in [-0.25, -0.2) is 0 Å². The molecule has 1 fully saturated rings. The van der Waals surface area contributed by atoms with Crippen LogP contribution in [0.4, 0.5) is 0 Å². The second-order valence-corrected chi connectivity index (χ2v) is 6.34. The van der Waals surface area contributed by atoms with Gasteiger partial charge in [0.15, 0.2) is 0 Å². The molecule has 1 heterocycles. The first kappa shape index (κ1) is 15.8. The zero-order valence-corrected chi connectivity index (χ0v) is 13.7. The molecular formula is C14H18BrClN2O2. The lowest BCUT2D eigenvalue weighted by atomic mass is 10.2. The zero-order valence-electron chi connectivity index (χ0n) is 11.4. The van der Waals surface area contributed by atoms with E-state index < -0.39 is 12.0 Å². The van der Waals surface area contributed by atoms with Crippen LogP contribution in [0.2, 0.25) is 5.02 Å². The predicted molar refractivity (Wildman–Crippen MR) is 83.1 cm³/mol. The monoisotopic (exact) mass is 360 g/mol. The van der Waals surface area contributed by atoms with Gasteiger partial charge in [0.25, 0.3) is 0 Å². The second kappa shape index (κ2) is 6.89. The summed E-state index contributed by atoms with van der Waals surface area (Å²) < 4.78 is 0.912. The molecule has 0 saturated carbocycles. The number of aliphatic carboxylic acids is 1. The van der Waals surface area contributed by atoms with E-state index in [1.165, 1.54) is 5.56 Å². The van der Waals surface area contributed by atoms with Gasteiger partial charge in [-0.15, -0.1) is 0 Å². The zero-order chi connectivity index (χ0) is 14.7. The summed E-state index contributed by atoms with van der Waals surface area (Å²) in [6.45, 7) is 5.97. The highest BCUT2D eigenvalue weighted by molar-refractivity contribution is 9.10. The summed E-state index contributed by atoms with van der Waals surface area (Å²) in [4.78, 5) is 15.3. The van der Waals surface area contributed by atoms with Crippen LogP contribution >= 0.6 is 27.5 Å². The quantitative estimate of drug-likeness (QED) is 0.895. The third kappa shape index (κ3) is 3.95. The number of hydrogen-bond acceptors (Lipinski definition) is 3. The van der Waals surface area contributed by atoms with Crippen LogP contribution in [0, 0.1) is 0 Å². The molecule has 4 nitrogen and oxygen atoms in total. The van der Waals surface area contributed by atoms with E-state index in [1.54, 1.807) is 6.92 Å². The van der Waals surface area contributed by atoms with Crippen molar-refractivity contribution in [2.75, 3.05) is 26.2 Å². The molecule has 110 valence electrons. The maximum Gasteiger partial charge on any atom is 0.320 e. The number of carbonyl (C=O) groups is 1. The highest BCUT2D eigenvalue weighted by Gasteiger charge is 2.24. The van der Waals surface area contributed by atoms with E-state index in [-0.39, 0.29) is 0 Å². The van der Waals surface area contributed by atoms with Gasteiger partial charge < -0.3 is 5.11 Å². The van der Waals surface area contributed by atoms with Crippen molar-refractivity contribution < 1.29 is 9.90 Å². The molecule has 1 unspecified atom stereocenters. The molecule has 0 spiro atoms. The molecule has 1 N–H and O–H groups in total. The van der Waals surface area contributed by atoms with E-state index in [4.69, 9.17) is 16.7 Å². The maximum atomic E-state index is 11.0. The molecule has 0 bridgehead atoms. The predicted octanol–water partition coefficient (Wildman–Crippen LogP) is 2.69. The van der Waals surface area contributed by atoms with Crippen LogP contribution in [0.5, 0.6) is 0 Å². The lowest BCUT2D eigenvalue weighted by molar-refractivity contribution is -0.143. The van der Waals surface area contributed by atoms with E-state index in [1.807, 2.05) is 23.1 Å². The summed E-state index contributed by atoms with van der Waals surface area (Å²) in [7, 11) is 0. The second-order valence-electron chi connectivity index (χ2n) is 5.07. The number of piperazine rings is 1. The van der Waals surface area contributed by atoms with Crippen LogP contribution < -0.4 is 0 Å². The van der Waals surface area contributed by atoms with Crippen molar-refractivity contribution >= 4 is 33.5 Å². The van der Waals surface area contributed by atoms with Crippen LogP contribution in [0.1, 0.15) is 12.5 Å². The molecule has 1 aromatic carbocycles. The topological polar surface area (TPSA) is 43.8 Å². The minimum absolute atomic E-state index is 0.401. The van der Waals surface area contributed by atoms with Gasteiger partial charge in [0.2, 0.25) is 0 Å². The number of halogens is 2. The first-order chi connectivity index (χ1) is 9.47. The van der Waals surface area contributed by atoms with E-state index in [2.05, 4.69) is 20.8 Å². The minimum Gasteiger partial charge on any atom is -0.480 e. The Balaban J connectivity index is 1.88. The van der Waals surface area contributed by atoms with Gasteiger partial charge in [0.1, 0.15) is 6.04 Å². The Kier molecular flexibility index (Phi) is 5.43. The van der Waals surface area contributed by atoms with Crippen molar-refractivity contribution in [1.29, 1.82) is 0 Å². The fourth-order valence-electron chi connectivity index (χ4n) is 2.36. The minimum atomic E-state index is -0.750. The van der Waals surface area contributed by atoms with Crippen molar-refractivity contribution in [1.82, 2.24) is 9.80 Å². The Morgan fingerprint density at radius 3 is 2.60 bits per heavy atom. The molecule has 1 aromatic rings. The number of carboxylic acids is 1. The van der Waals surface area contributed by atoms with Gasteiger partial charge in [0.05, 0.1) is 5.02 Å². The van der Waals surface area contributed by atoms with E-state index in [9.17, 15) is 4.79 Å². The third-order valence-corrected chi connectivity index (χ3v) is 4.92. The molecule has 0 aromatic heterocycles. The molecule has 6 heteroatoms. The molecule has 2 rings (SSSR count). The average Bonchev–Trinajstić information content (AvgIpc) is 2.43. The van der Waals surface area contributed by atoms with Crippen molar-refractivity contribution in [3.8, 4) is 0 Å². The fourth-order valence-corrected chi connectivity index (χ4v) is 2.90. The summed E-state index contributed by atoms with van der Waals surface area (Å²) in [5, 5.41) is 9.74. The maximum absolute atomic E-state index is 11.0. The summed E-state index contributed by atoms with van der Waals surface area (Å²) >= 11 is 9.42. The standard InChI is InChI=1S/C14H18BrClN2O2/c1-10(14(19)20)18-6-4-17(5-7-18)9-11-2-3-13(16)12(15)8-11/h2-3,8,10H,4-7,9H2,1H3,(H,19,20). The molecule has 0 aliphatic carbocycles.